The molecule has 108 valence electrons. The Morgan fingerprint density at radius 1 is 1.30 bits per heavy atom. The summed E-state index contributed by atoms with van der Waals surface area (Å²) in [7, 11) is 2.05. The molecule has 1 aromatic carbocycles. The van der Waals surface area contributed by atoms with Crippen molar-refractivity contribution in [2.24, 2.45) is 0 Å². The third-order valence-corrected chi connectivity index (χ3v) is 3.12. The summed E-state index contributed by atoms with van der Waals surface area (Å²) in [6, 6.07) is 7.97. The maximum Gasteiger partial charge on any atom is 0.410 e. The molecule has 0 aliphatic carbocycles. The van der Waals surface area contributed by atoms with E-state index in [0.29, 0.717) is 13.1 Å². The Balaban J connectivity index is 1.86. The van der Waals surface area contributed by atoms with Crippen LogP contribution in [0.4, 0.5) is 4.79 Å². The Labute approximate surface area is 121 Å². The quantitative estimate of drug-likeness (QED) is 0.764. The van der Waals surface area contributed by atoms with Gasteiger partial charge in [-0.1, -0.05) is 17.6 Å². The molecule has 0 radical (unpaired) electrons. The topological polar surface area (TPSA) is 38.8 Å². The number of hydrogen-bond acceptors (Lipinski definition) is 3. The van der Waals surface area contributed by atoms with E-state index in [0.717, 1.165) is 12.2 Å². The third-order valence-electron chi connectivity index (χ3n) is 3.12. The normalized spacial score (nSPS) is 18.9. The van der Waals surface area contributed by atoms with Gasteiger partial charge in [-0.2, -0.15) is 0 Å². The number of amides is 1. The largest absolute Gasteiger partial charge is 0.489 e. The van der Waals surface area contributed by atoms with Gasteiger partial charge in [0.25, 0.3) is 0 Å². The minimum atomic E-state index is -0.451. The molecule has 0 saturated carbocycles. The van der Waals surface area contributed by atoms with Gasteiger partial charge in [0, 0.05) is 13.0 Å². The van der Waals surface area contributed by atoms with Crippen LogP contribution in [0.1, 0.15) is 27.2 Å². The molecule has 4 nitrogen and oxygen atoms in total. The average Bonchev–Trinajstić information content (AvgIpc) is 2.79. The van der Waals surface area contributed by atoms with E-state index in [1.165, 1.54) is 5.46 Å². The van der Waals surface area contributed by atoms with E-state index < -0.39 is 5.60 Å². The second kappa shape index (κ2) is 5.77. The zero-order valence-corrected chi connectivity index (χ0v) is 12.7. The number of benzene rings is 1. The van der Waals surface area contributed by atoms with Crippen LogP contribution in [0.15, 0.2) is 24.3 Å². The van der Waals surface area contributed by atoms with Crippen LogP contribution >= 0.6 is 0 Å². The van der Waals surface area contributed by atoms with Crippen molar-refractivity contribution >= 4 is 19.4 Å². The lowest BCUT2D eigenvalue weighted by molar-refractivity contribution is 0.0275. The SMILES string of the molecule is Bc1ccc(O[C@H]2CCN(C(=O)OC(C)(C)C)C2)cc1. The van der Waals surface area contributed by atoms with E-state index in [9.17, 15) is 4.79 Å². The minimum Gasteiger partial charge on any atom is -0.489 e. The van der Waals surface area contributed by atoms with Gasteiger partial charge in [-0.15, -0.1) is 0 Å². The summed E-state index contributed by atoms with van der Waals surface area (Å²) in [6.07, 6.45) is 0.630. The van der Waals surface area contributed by atoms with Crippen molar-refractivity contribution in [1.82, 2.24) is 4.90 Å². The van der Waals surface area contributed by atoms with E-state index in [2.05, 4.69) is 0 Å². The first-order valence-electron chi connectivity index (χ1n) is 7.05. The van der Waals surface area contributed by atoms with Gasteiger partial charge in [0.1, 0.15) is 25.3 Å². The zero-order valence-electron chi connectivity index (χ0n) is 12.7. The van der Waals surface area contributed by atoms with Gasteiger partial charge >= 0.3 is 6.09 Å². The van der Waals surface area contributed by atoms with Gasteiger partial charge in [0.15, 0.2) is 0 Å². The number of ether oxygens (including phenoxy) is 2. The van der Waals surface area contributed by atoms with Crippen molar-refractivity contribution in [2.45, 2.75) is 38.9 Å². The molecule has 0 N–H and O–H groups in total. The summed E-state index contributed by atoms with van der Waals surface area (Å²) in [6.45, 7) is 6.90. The first-order chi connectivity index (χ1) is 9.33. The molecule has 1 aliphatic heterocycles. The predicted molar refractivity (Wildman–Crippen MR) is 81.5 cm³/mol. The van der Waals surface area contributed by atoms with E-state index in [4.69, 9.17) is 9.47 Å². The molecule has 1 aromatic rings. The Bertz CT molecular complexity index is 467. The van der Waals surface area contributed by atoms with Crippen molar-refractivity contribution in [3.05, 3.63) is 24.3 Å². The van der Waals surface area contributed by atoms with E-state index >= 15 is 0 Å². The van der Waals surface area contributed by atoms with Crippen molar-refractivity contribution in [2.75, 3.05) is 13.1 Å². The van der Waals surface area contributed by atoms with Gasteiger partial charge in [-0.25, -0.2) is 4.79 Å². The number of carbonyl (C=O) groups is 1. The molecule has 2 rings (SSSR count). The average molecular weight is 275 g/mol. The number of hydrogen-bond donors (Lipinski definition) is 0. The van der Waals surface area contributed by atoms with Crippen LogP contribution < -0.4 is 10.2 Å². The van der Waals surface area contributed by atoms with Gasteiger partial charge in [0.2, 0.25) is 0 Å². The fourth-order valence-electron chi connectivity index (χ4n) is 2.13. The monoisotopic (exact) mass is 275 g/mol. The van der Waals surface area contributed by atoms with Crippen molar-refractivity contribution < 1.29 is 14.3 Å². The summed E-state index contributed by atoms with van der Waals surface area (Å²) in [4.78, 5) is 13.7. The Kier molecular flexibility index (Phi) is 4.26. The molecule has 5 heteroatoms. The Hall–Kier alpha value is -1.65. The number of likely N-dealkylation sites (tertiary alicyclic amines) is 1. The van der Waals surface area contributed by atoms with Crippen molar-refractivity contribution in [3.8, 4) is 5.75 Å². The van der Waals surface area contributed by atoms with Crippen LogP contribution in [0.5, 0.6) is 5.75 Å². The maximum absolute atomic E-state index is 12.0. The molecular formula is C15H22BNO3. The smallest absolute Gasteiger partial charge is 0.410 e. The molecule has 0 bridgehead atoms. The van der Waals surface area contributed by atoms with E-state index in [1.807, 2.05) is 52.9 Å². The highest BCUT2D eigenvalue weighted by Gasteiger charge is 2.30. The van der Waals surface area contributed by atoms with Crippen LogP contribution in [0.3, 0.4) is 0 Å². The van der Waals surface area contributed by atoms with Crippen LogP contribution in [0, 0.1) is 0 Å². The number of rotatable bonds is 2. The van der Waals surface area contributed by atoms with E-state index in [1.54, 1.807) is 4.90 Å². The fraction of sp³-hybridized carbons (Fsp3) is 0.533. The summed E-state index contributed by atoms with van der Waals surface area (Å²) < 4.78 is 11.3. The molecule has 1 saturated heterocycles. The second-order valence-electron chi connectivity index (χ2n) is 6.27. The summed E-state index contributed by atoms with van der Waals surface area (Å²) in [5.41, 5.74) is 0.756. The number of nitrogens with zero attached hydrogens (tertiary/aromatic N) is 1. The first-order valence-corrected chi connectivity index (χ1v) is 7.05. The van der Waals surface area contributed by atoms with Crippen molar-refractivity contribution in [1.29, 1.82) is 0 Å². The Morgan fingerprint density at radius 3 is 2.55 bits per heavy atom. The molecule has 1 aliphatic rings. The molecule has 20 heavy (non-hydrogen) atoms. The zero-order chi connectivity index (χ0) is 14.8. The summed E-state index contributed by atoms with van der Waals surface area (Å²) in [5, 5.41) is 0. The molecule has 1 heterocycles. The highest BCUT2D eigenvalue weighted by Crippen LogP contribution is 2.19. The van der Waals surface area contributed by atoms with Crippen molar-refractivity contribution in [3.63, 3.8) is 0 Å². The molecule has 0 aromatic heterocycles. The first kappa shape index (κ1) is 14.8. The van der Waals surface area contributed by atoms with Crippen LogP contribution in [0.2, 0.25) is 0 Å². The van der Waals surface area contributed by atoms with Gasteiger partial charge in [-0.05, 0) is 32.9 Å². The van der Waals surface area contributed by atoms with Crippen LogP contribution in [0.25, 0.3) is 0 Å². The van der Waals surface area contributed by atoms with Crippen LogP contribution in [-0.2, 0) is 4.74 Å². The molecule has 1 atom stereocenters. The Morgan fingerprint density at radius 2 is 1.95 bits per heavy atom. The molecule has 0 unspecified atom stereocenters. The van der Waals surface area contributed by atoms with Gasteiger partial charge in [0.05, 0.1) is 6.54 Å². The highest BCUT2D eigenvalue weighted by atomic mass is 16.6. The minimum absolute atomic E-state index is 0.0465. The van der Waals surface area contributed by atoms with Gasteiger partial charge < -0.3 is 14.4 Å². The van der Waals surface area contributed by atoms with E-state index in [-0.39, 0.29) is 12.2 Å². The lowest BCUT2D eigenvalue weighted by Crippen LogP contribution is -2.36. The number of carbonyl (C=O) groups excluding carboxylic acids is 1. The fourth-order valence-corrected chi connectivity index (χ4v) is 2.13. The molecule has 1 amide bonds. The predicted octanol–water partition coefficient (Wildman–Crippen LogP) is 1.33. The third kappa shape index (κ3) is 4.18. The summed E-state index contributed by atoms with van der Waals surface area (Å²) >= 11 is 0. The second-order valence-corrected chi connectivity index (χ2v) is 6.27. The molecule has 0 spiro atoms. The maximum atomic E-state index is 12.0. The lowest BCUT2D eigenvalue weighted by atomic mass is 9.97. The highest BCUT2D eigenvalue weighted by molar-refractivity contribution is 6.32. The standard InChI is InChI=1S/C15H22BNO3/c1-15(2,3)20-14(18)17-9-8-13(10-17)19-12-6-4-11(16)5-7-12/h4-7,13H,8-10,16H2,1-3H3/t13-/m0/s1. The lowest BCUT2D eigenvalue weighted by Gasteiger charge is -2.24. The summed E-state index contributed by atoms with van der Waals surface area (Å²) in [5.74, 6) is 0.853. The van der Waals surface area contributed by atoms with Gasteiger partial charge in [-0.3, -0.25) is 0 Å². The molecule has 1 fully saturated rings. The molecular weight excluding hydrogens is 253 g/mol. The van der Waals surface area contributed by atoms with Crippen LogP contribution in [-0.4, -0.2) is 43.6 Å².